The first-order valence-corrected chi connectivity index (χ1v) is 10.2. The summed E-state index contributed by atoms with van der Waals surface area (Å²) >= 11 is 1.26. The van der Waals surface area contributed by atoms with Crippen LogP contribution in [0.15, 0.2) is 65.6 Å². The van der Waals surface area contributed by atoms with Crippen LogP contribution < -0.4 is 4.72 Å². The van der Waals surface area contributed by atoms with Crippen LogP contribution in [-0.4, -0.2) is 36.0 Å². The highest BCUT2D eigenvalue weighted by Crippen LogP contribution is 2.33. The molecule has 3 aromatic rings. The summed E-state index contributed by atoms with van der Waals surface area (Å²) in [6.45, 7) is 1.96. The second-order valence-electron chi connectivity index (χ2n) is 6.80. The molecule has 31 heavy (non-hydrogen) atoms. The predicted octanol–water partition coefficient (Wildman–Crippen LogP) is 5.21. The number of rotatable bonds is 8. The van der Waals surface area contributed by atoms with Crippen molar-refractivity contribution in [1.29, 1.82) is 0 Å². The largest absolute Gasteiger partial charge is 0.507 e. The third kappa shape index (κ3) is 5.90. The highest BCUT2D eigenvalue weighted by atomic mass is 32.2. The van der Waals surface area contributed by atoms with Crippen molar-refractivity contribution >= 4 is 23.6 Å². The van der Waals surface area contributed by atoms with Crippen molar-refractivity contribution in [3.63, 3.8) is 0 Å². The maximum Gasteiger partial charge on any atom is 0.342 e. The lowest BCUT2D eigenvalue weighted by atomic mass is 10.0. The second kappa shape index (κ2) is 10.2. The summed E-state index contributed by atoms with van der Waals surface area (Å²) in [5, 5.41) is 20.2. The van der Waals surface area contributed by atoms with Gasteiger partial charge >= 0.3 is 5.97 Å². The van der Waals surface area contributed by atoms with Gasteiger partial charge in [-0.1, -0.05) is 12.1 Å². The van der Waals surface area contributed by atoms with Crippen LogP contribution in [0, 0.1) is 5.82 Å². The molecule has 3 rings (SSSR count). The van der Waals surface area contributed by atoms with E-state index in [0.717, 1.165) is 4.90 Å². The predicted molar refractivity (Wildman–Crippen MR) is 118 cm³/mol. The first-order valence-electron chi connectivity index (χ1n) is 9.42. The van der Waals surface area contributed by atoms with Gasteiger partial charge in [-0.15, -0.1) is 0 Å². The molecule has 0 aliphatic rings. The summed E-state index contributed by atoms with van der Waals surface area (Å²) in [4.78, 5) is 13.0. The molecule has 6 nitrogen and oxygen atoms in total. The Hall–Kier alpha value is -3.23. The van der Waals surface area contributed by atoms with Gasteiger partial charge in [0.05, 0.1) is 6.61 Å². The minimum absolute atomic E-state index is 0.0104. The Bertz CT molecular complexity index is 1080. The molecule has 3 aromatic carbocycles. The number of methoxy groups -OCH3 is 1. The number of nitrogens with one attached hydrogen (secondary N) is 1. The zero-order valence-corrected chi connectivity index (χ0v) is 17.8. The van der Waals surface area contributed by atoms with Gasteiger partial charge in [-0.05, 0) is 66.9 Å². The van der Waals surface area contributed by atoms with Gasteiger partial charge in [0, 0.05) is 29.3 Å². The number of esters is 1. The van der Waals surface area contributed by atoms with Gasteiger partial charge in [0.2, 0.25) is 0 Å². The van der Waals surface area contributed by atoms with E-state index < -0.39 is 17.9 Å². The normalized spacial score (nSPS) is 11.7. The van der Waals surface area contributed by atoms with Crippen LogP contribution in [0.1, 0.15) is 17.3 Å². The first kappa shape index (κ1) is 22.5. The number of hydrogen-bond acceptors (Lipinski definition) is 7. The molecule has 1 unspecified atom stereocenters. The van der Waals surface area contributed by atoms with Gasteiger partial charge in [0.15, 0.2) is 0 Å². The van der Waals surface area contributed by atoms with E-state index in [4.69, 9.17) is 9.47 Å². The first-order chi connectivity index (χ1) is 14.9. The van der Waals surface area contributed by atoms with Gasteiger partial charge in [-0.25, -0.2) is 9.18 Å². The van der Waals surface area contributed by atoms with Gasteiger partial charge in [-0.3, -0.25) is 0 Å². The van der Waals surface area contributed by atoms with Crippen LogP contribution >= 0.6 is 11.9 Å². The van der Waals surface area contributed by atoms with E-state index in [9.17, 15) is 19.4 Å². The van der Waals surface area contributed by atoms with Gasteiger partial charge < -0.3 is 24.4 Å². The maximum absolute atomic E-state index is 13.5. The van der Waals surface area contributed by atoms with E-state index in [1.807, 2.05) is 6.07 Å². The molecule has 0 aliphatic heterocycles. The summed E-state index contributed by atoms with van der Waals surface area (Å²) in [6, 6.07) is 15.5. The van der Waals surface area contributed by atoms with Crippen LogP contribution in [0.4, 0.5) is 10.1 Å². The van der Waals surface area contributed by atoms with Gasteiger partial charge in [0.25, 0.3) is 0 Å². The molecule has 0 aliphatic carbocycles. The molecule has 0 amide bonds. The maximum atomic E-state index is 13.5. The lowest BCUT2D eigenvalue weighted by Crippen LogP contribution is -2.19. The van der Waals surface area contributed by atoms with E-state index in [2.05, 4.69) is 4.72 Å². The molecular weight excluding hydrogens is 421 g/mol. The summed E-state index contributed by atoms with van der Waals surface area (Å²) in [5.41, 5.74) is 1.69. The highest BCUT2D eigenvalue weighted by molar-refractivity contribution is 8.00. The number of hydrogen-bond donors (Lipinski definition) is 3. The lowest BCUT2D eigenvalue weighted by Gasteiger charge is -2.13. The van der Waals surface area contributed by atoms with Gasteiger partial charge in [0.1, 0.15) is 29.0 Å². The van der Waals surface area contributed by atoms with Crippen LogP contribution in [0.25, 0.3) is 11.1 Å². The number of carbonyl (C=O) groups is 1. The average molecular weight is 443 g/mol. The zero-order chi connectivity index (χ0) is 22.4. The number of anilines is 1. The Kier molecular flexibility index (Phi) is 7.38. The van der Waals surface area contributed by atoms with Crippen LogP contribution in [0.2, 0.25) is 0 Å². The zero-order valence-electron chi connectivity index (χ0n) is 17.0. The van der Waals surface area contributed by atoms with Crippen molar-refractivity contribution in [2.75, 3.05) is 18.4 Å². The lowest BCUT2D eigenvalue weighted by molar-refractivity contribution is 0.0118. The Morgan fingerprint density at radius 3 is 2.65 bits per heavy atom. The van der Waals surface area contributed by atoms with Crippen molar-refractivity contribution in [1.82, 2.24) is 0 Å². The number of aromatic hydroxyl groups is 2. The number of phenols is 2. The molecule has 0 radical (unpaired) electrons. The van der Waals surface area contributed by atoms with Crippen molar-refractivity contribution in [3.05, 3.63) is 72.0 Å². The molecule has 0 saturated heterocycles. The molecule has 0 fully saturated rings. The van der Waals surface area contributed by atoms with Crippen LogP contribution in [0.5, 0.6) is 11.5 Å². The number of ether oxygens (including phenoxy) is 2. The summed E-state index contributed by atoms with van der Waals surface area (Å²) < 4.78 is 26.8. The minimum Gasteiger partial charge on any atom is -0.507 e. The molecule has 0 spiro atoms. The monoisotopic (exact) mass is 443 g/mol. The number of phenolic OH excluding ortho intramolecular Hbond substituents is 2. The fourth-order valence-corrected chi connectivity index (χ4v) is 3.56. The molecule has 0 saturated carbocycles. The van der Waals surface area contributed by atoms with E-state index in [1.165, 1.54) is 49.4 Å². The second-order valence-corrected chi connectivity index (χ2v) is 7.68. The fraction of sp³-hybridized carbons (Fsp3) is 0.174. The van der Waals surface area contributed by atoms with Crippen LogP contribution in [0.3, 0.4) is 0 Å². The number of benzene rings is 3. The summed E-state index contributed by atoms with van der Waals surface area (Å²) in [7, 11) is 1.51. The fourth-order valence-electron chi connectivity index (χ4n) is 2.87. The third-order valence-electron chi connectivity index (χ3n) is 4.32. The van der Waals surface area contributed by atoms with E-state index in [1.54, 1.807) is 31.2 Å². The topological polar surface area (TPSA) is 88.0 Å². The molecule has 3 N–H and O–H groups in total. The molecule has 162 valence electrons. The standard InChI is InChI=1S/C23H22FNO5S/c1-14(13-29-2)30-23(28)19-8-7-17(12-22(19)27)25-31-18-5-3-4-15(10-18)20-11-16(24)6-9-21(20)26/h3-12,14,25-27H,13H2,1-2H3. The Morgan fingerprint density at radius 2 is 1.90 bits per heavy atom. The quantitative estimate of drug-likeness (QED) is 0.325. The van der Waals surface area contributed by atoms with Crippen LogP contribution in [-0.2, 0) is 9.47 Å². The molecule has 0 bridgehead atoms. The number of carbonyl (C=O) groups excluding carboxylic acids is 1. The van der Waals surface area contributed by atoms with Crippen molar-refractivity contribution < 1.29 is 28.9 Å². The number of halogens is 1. The van der Waals surface area contributed by atoms with Crippen molar-refractivity contribution in [2.45, 2.75) is 17.9 Å². The van der Waals surface area contributed by atoms with Crippen molar-refractivity contribution in [2.24, 2.45) is 0 Å². The molecule has 8 heteroatoms. The van der Waals surface area contributed by atoms with E-state index >= 15 is 0 Å². The molecule has 1 atom stereocenters. The highest BCUT2D eigenvalue weighted by Gasteiger charge is 2.16. The van der Waals surface area contributed by atoms with Crippen molar-refractivity contribution in [3.8, 4) is 22.6 Å². The Balaban J connectivity index is 1.68. The third-order valence-corrected chi connectivity index (χ3v) is 5.15. The molecular formula is C23H22FNO5S. The minimum atomic E-state index is -0.635. The van der Waals surface area contributed by atoms with E-state index in [-0.39, 0.29) is 23.7 Å². The van der Waals surface area contributed by atoms with E-state index in [0.29, 0.717) is 16.8 Å². The summed E-state index contributed by atoms with van der Waals surface area (Å²) in [5.74, 6) is -1.29. The average Bonchev–Trinajstić information content (AvgIpc) is 2.74. The smallest absolute Gasteiger partial charge is 0.342 e. The SMILES string of the molecule is COCC(C)OC(=O)c1ccc(NSc2cccc(-c3cc(F)ccc3O)c2)cc1O. The molecule has 0 heterocycles. The Morgan fingerprint density at radius 1 is 1.10 bits per heavy atom. The van der Waals surface area contributed by atoms with Gasteiger partial charge in [-0.2, -0.15) is 0 Å². The molecule has 0 aromatic heterocycles. The summed E-state index contributed by atoms with van der Waals surface area (Å²) in [6.07, 6.45) is -0.435. The Labute approximate surface area is 183 Å².